The first-order valence-corrected chi connectivity index (χ1v) is 7.67. The van der Waals surface area contributed by atoms with Crippen LogP contribution in [-0.4, -0.2) is 24.5 Å². The number of halogens is 5. The van der Waals surface area contributed by atoms with Crippen molar-refractivity contribution in [2.75, 3.05) is 0 Å². The minimum Gasteiger partial charge on any atom is -0.289 e. The molecule has 0 unspecified atom stereocenters. The lowest BCUT2D eigenvalue weighted by atomic mass is 9.82. The van der Waals surface area contributed by atoms with E-state index in [1.54, 1.807) is 0 Å². The molecule has 0 amide bonds. The largest absolute Gasteiger partial charge is 0.412 e. The van der Waals surface area contributed by atoms with Gasteiger partial charge < -0.3 is 0 Å². The highest BCUT2D eigenvalue weighted by Crippen LogP contribution is 2.32. The van der Waals surface area contributed by atoms with Gasteiger partial charge in [-0.2, -0.15) is 13.2 Å². The maximum Gasteiger partial charge on any atom is 0.412 e. The summed E-state index contributed by atoms with van der Waals surface area (Å²) in [5.41, 5.74) is -1.50. The summed E-state index contributed by atoms with van der Waals surface area (Å²) in [7, 11) is 0. The van der Waals surface area contributed by atoms with E-state index in [0.717, 1.165) is 19.1 Å². The Hall–Kier alpha value is -2.90. The number of fused-ring (bicyclic) bond motifs is 1. The fourth-order valence-electron chi connectivity index (χ4n) is 2.47. The van der Waals surface area contributed by atoms with E-state index >= 15 is 0 Å². The van der Waals surface area contributed by atoms with Crippen LogP contribution >= 0.6 is 0 Å². The zero-order valence-corrected chi connectivity index (χ0v) is 14.4. The van der Waals surface area contributed by atoms with E-state index in [0.29, 0.717) is 12.1 Å². The molecule has 0 N–H and O–H groups in total. The Balaban J connectivity index is 2.45. The van der Waals surface area contributed by atoms with Crippen molar-refractivity contribution in [3.63, 3.8) is 0 Å². The summed E-state index contributed by atoms with van der Waals surface area (Å²) in [6, 6.07) is 1.29. The zero-order chi connectivity index (χ0) is 20.5. The van der Waals surface area contributed by atoms with Crippen molar-refractivity contribution in [2.45, 2.75) is 26.4 Å². The molecule has 0 fully saturated rings. The molecule has 0 atom stereocenters. The Morgan fingerprint density at radius 2 is 1.59 bits per heavy atom. The lowest BCUT2D eigenvalue weighted by Crippen LogP contribution is -2.22. The van der Waals surface area contributed by atoms with Crippen LogP contribution in [0.2, 0.25) is 0 Å². The van der Waals surface area contributed by atoms with Crippen molar-refractivity contribution in [1.82, 2.24) is 0 Å². The van der Waals surface area contributed by atoms with Gasteiger partial charge in [0, 0.05) is 40.0 Å². The van der Waals surface area contributed by atoms with Gasteiger partial charge in [-0.3, -0.25) is 14.6 Å². The number of rotatable bonds is 4. The second-order valence-electron chi connectivity index (χ2n) is 5.91. The second-order valence-corrected chi connectivity index (χ2v) is 5.91. The quantitative estimate of drug-likeness (QED) is 0.410. The Kier molecular flexibility index (Phi) is 5.58. The summed E-state index contributed by atoms with van der Waals surface area (Å²) >= 11 is 0. The molecule has 0 aromatic heterocycles. The maximum atomic E-state index is 13.5. The summed E-state index contributed by atoms with van der Waals surface area (Å²) in [4.78, 5) is 28.6. The van der Waals surface area contributed by atoms with Crippen LogP contribution in [0.15, 0.2) is 51.7 Å². The third kappa shape index (κ3) is 4.10. The summed E-state index contributed by atoms with van der Waals surface area (Å²) in [5, 5.41) is 0. The molecule has 142 valence electrons. The number of allylic oxidation sites excluding steroid dienone is 5. The topological polar surface area (TPSA) is 46.5 Å². The summed E-state index contributed by atoms with van der Waals surface area (Å²) in [6.45, 7) is 5.44. The highest BCUT2D eigenvalue weighted by molar-refractivity contribution is 6.26. The van der Waals surface area contributed by atoms with Gasteiger partial charge in [-0.1, -0.05) is 6.08 Å². The highest BCUT2D eigenvalue weighted by atomic mass is 19.4. The minimum atomic E-state index is -4.52. The van der Waals surface area contributed by atoms with E-state index in [2.05, 4.69) is 11.7 Å². The number of hydrogen-bond acceptors (Lipinski definition) is 3. The van der Waals surface area contributed by atoms with Crippen LogP contribution in [0, 0.1) is 11.6 Å². The van der Waals surface area contributed by atoms with E-state index in [1.165, 1.54) is 6.92 Å². The van der Waals surface area contributed by atoms with Gasteiger partial charge in [0.15, 0.2) is 23.2 Å². The van der Waals surface area contributed by atoms with Gasteiger partial charge in [0.2, 0.25) is 0 Å². The number of Topliss-reactive ketones (excluding diaryl/α,β-unsaturated/α-hetero) is 2. The average Bonchev–Trinajstić information content (AvgIpc) is 2.60. The summed E-state index contributed by atoms with van der Waals surface area (Å²) < 4.78 is 64.5. The van der Waals surface area contributed by atoms with Gasteiger partial charge in [0.25, 0.3) is 0 Å². The molecular formula is C19H14F5NO2. The Bertz CT molecular complexity index is 936. The molecule has 3 nitrogen and oxygen atoms in total. The third-order valence-corrected chi connectivity index (χ3v) is 4.15. The van der Waals surface area contributed by atoms with Crippen LogP contribution in [-0.2, 0) is 0 Å². The SMILES string of the molecule is C=N/C(=C\C=C(/C)C(F)(F)F)CC1=C(C)C(=O)c2cc(F)c(F)cc2C1=O. The minimum absolute atomic E-state index is 0.00965. The van der Waals surface area contributed by atoms with Gasteiger partial charge in [-0.05, 0) is 38.8 Å². The maximum absolute atomic E-state index is 13.5. The molecule has 0 radical (unpaired) electrons. The second kappa shape index (κ2) is 7.38. The van der Waals surface area contributed by atoms with Crippen molar-refractivity contribution >= 4 is 18.3 Å². The van der Waals surface area contributed by atoms with Gasteiger partial charge >= 0.3 is 6.18 Å². The molecule has 0 saturated carbocycles. The first-order chi connectivity index (χ1) is 12.5. The van der Waals surface area contributed by atoms with Crippen molar-refractivity contribution in [3.05, 3.63) is 69.5 Å². The molecule has 0 heterocycles. The molecule has 0 spiro atoms. The Morgan fingerprint density at radius 3 is 2.07 bits per heavy atom. The first kappa shape index (κ1) is 20.4. The third-order valence-electron chi connectivity index (χ3n) is 4.15. The number of alkyl halides is 3. The van der Waals surface area contributed by atoms with Crippen molar-refractivity contribution in [1.29, 1.82) is 0 Å². The van der Waals surface area contributed by atoms with Crippen LogP contribution in [0.5, 0.6) is 0 Å². The number of nitrogens with zero attached hydrogens (tertiary/aromatic N) is 1. The number of carbonyl (C=O) groups is 2. The molecule has 27 heavy (non-hydrogen) atoms. The van der Waals surface area contributed by atoms with Crippen molar-refractivity contribution in [2.24, 2.45) is 4.99 Å². The number of benzene rings is 1. The van der Waals surface area contributed by atoms with Gasteiger partial charge in [-0.15, -0.1) is 0 Å². The Labute approximate surface area is 151 Å². The predicted molar refractivity (Wildman–Crippen MR) is 89.8 cm³/mol. The van der Waals surface area contributed by atoms with Gasteiger partial charge in [0.05, 0.1) is 0 Å². The van der Waals surface area contributed by atoms with Crippen LogP contribution in [0.1, 0.15) is 41.0 Å². The molecule has 2 rings (SSSR count). The molecule has 0 bridgehead atoms. The van der Waals surface area contributed by atoms with Gasteiger partial charge in [0.1, 0.15) is 0 Å². The molecule has 0 saturated heterocycles. The van der Waals surface area contributed by atoms with E-state index in [-0.39, 0.29) is 34.4 Å². The molecule has 1 aromatic carbocycles. The number of aliphatic imine (C=N–C) groups is 1. The van der Waals surface area contributed by atoms with Crippen LogP contribution in [0.3, 0.4) is 0 Å². The molecule has 1 aromatic rings. The zero-order valence-electron chi connectivity index (χ0n) is 14.4. The molecular weight excluding hydrogens is 369 g/mol. The van der Waals surface area contributed by atoms with Crippen LogP contribution in [0.4, 0.5) is 22.0 Å². The van der Waals surface area contributed by atoms with E-state index < -0.39 is 35.0 Å². The van der Waals surface area contributed by atoms with Crippen LogP contribution < -0.4 is 0 Å². The fraction of sp³-hybridized carbons (Fsp3) is 0.211. The lowest BCUT2D eigenvalue weighted by Gasteiger charge is -2.19. The number of ketones is 2. The molecule has 8 heteroatoms. The number of carbonyl (C=O) groups excluding carboxylic acids is 2. The van der Waals surface area contributed by atoms with Gasteiger partial charge in [-0.25, -0.2) is 8.78 Å². The summed E-state index contributed by atoms with van der Waals surface area (Å²) in [5.74, 6) is -3.92. The molecule has 1 aliphatic carbocycles. The molecule has 1 aliphatic rings. The molecule has 0 aliphatic heterocycles. The standard InChI is InChI=1S/C19H14F5NO2/c1-9(19(22,23)24)4-5-11(25-3)6-12-10(2)17(26)13-7-15(20)16(21)8-14(13)18(12)27/h4-5,7-8H,3,6H2,1-2H3/b9-4+,11-5-. The normalized spacial score (nSPS) is 16.0. The van der Waals surface area contributed by atoms with Crippen LogP contribution in [0.25, 0.3) is 0 Å². The average molecular weight is 383 g/mol. The van der Waals surface area contributed by atoms with Crippen molar-refractivity contribution < 1.29 is 31.5 Å². The monoisotopic (exact) mass is 383 g/mol. The lowest BCUT2D eigenvalue weighted by molar-refractivity contribution is -0.0913. The summed E-state index contributed by atoms with van der Waals surface area (Å²) in [6.07, 6.45) is -2.98. The van der Waals surface area contributed by atoms with E-state index in [1.807, 2.05) is 0 Å². The Morgan fingerprint density at radius 1 is 1.07 bits per heavy atom. The van der Waals surface area contributed by atoms with E-state index in [4.69, 9.17) is 0 Å². The van der Waals surface area contributed by atoms with Crippen molar-refractivity contribution in [3.8, 4) is 0 Å². The van der Waals surface area contributed by atoms with E-state index in [9.17, 15) is 31.5 Å². The predicted octanol–water partition coefficient (Wildman–Crippen LogP) is 5.14. The smallest absolute Gasteiger partial charge is 0.289 e. The fourth-order valence-corrected chi connectivity index (χ4v) is 2.47. The number of hydrogen-bond donors (Lipinski definition) is 0. The first-order valence-electron chi connectivity index (χ1n) is 7.67. The highest BCUT2D eigenvalue weighted by Gasteiger charge is 2.32.